The van der Waals surface area contributed by atoms with Gasteiger partial charge in [-0.15, -0.1) is 10.2 Å². The standard InChI is InChI=1S/C23H26ClN5O2S/c1-3-28-10-12-29(13-11-28)20-9-8-18(24)14-19(20)25-21(30)15-32-23-27-26-22(31-23)17-6-4-16(2)5-7-17/h4-9,14H,3,10-13,15H2,1-2H3,(H,25,30). The summed E-state index contributed by atoms with van der Waals surface area (Å²) < 4.78 is 5.70. The average molecular weight is 472 g/mol. The number of benzene rings is 2. The van der Waals surface area contributed by atoms with Gasteiger partial charge >= 0.3 is 0 Å². The smallest absolute Gasteiger partial charge is 0.277 e. The fourth-order valence-electron chi connectivity index (χ4n) is 3.58. The number of anilines is 2. The van der Waals surface area contributed by atoms with Gasteiger partial charge in [0.1, 0.15) is 0 Å². The molecule has 1 aromatic heterocycles. The van der Waals surface area contributed by atoms with Crippen LogP contribution in [0, 0.1) is 6.92 Å². The van der Waals surface area contributed by atoms with Gasteiger partial charge < -0.3 is 19.5 Å². The molecule has 0 aliphatic carbocycles. The monoisotopic (exact) mass is 471 g/mol. The number of halogens is 1. The highest BCUT2D eigenvalue weighted by Crippen LogP contribution is 2.31. The molecule has 1 aliphatic heterocycles. The normalized spacial score (nSPS) is 14.5. The van der Waals surface area contributed by atoms with E-state index >= 15 is 0 Å². The van der Waals surface area contributed by atoms with Crippen molar-refractivity contribution in [2.45, 2.75) is 19.1 Å². The summed E-state index contributed by atoms with van der Waals surface area (Å²) in [5, 5.41) is 12.1. The van der Waals surface area contributed by atoms with Gasteiger partial charge in [-0.2, -0.15) is 0 Å². The van der Waals surface area contributed by atoms with Gasteiger partial charge in [-0.05, 0) is 43.8 Å². The van der Waals surface area contributed by atoms with Crippen molar-refractivity contribution >= 4 is 40.6 Å². The summed E-state index contributed by atoms with van der Waals surface area (Å²) in [4.78, 5) is 17.4. The van der Waals surface area contributed by atoms with Gasteiger partial charge in [-0.1, -0.05) is 48.0 Å². The predicted octanol–water partition coefficient (Wildman–Crippen LogP) is 4.57. The number of nitrogens with one attached hydrogen (secondary N) is 1. The van der Waals surface area contributed by atoms with Crippen molar-refractivity contribution in [3.05, 3.63) is 53.1 Å². The Balaban J connectivity index is 1.37. The molecule has 0 spiro atoms. The van der Waals surface area contributed by atoms with E-state index in [1.54, 1.807) is 6.07 Å². The molecule has 32 heavy (non-hydrogen) atoms. The molecular formula is C23H26ClN5O2S. The quantitative estimate of drug-likeness (QED) is 0.506. The predicted molar refractivity (Wildman–Crippen MR) is 130 cm³/mol. The Morgan fingerprint density at radius 1 is 1.12 bits per heavy atom. The van der Waals surface area contributed by atoms with Crippen LogP contribution in [-0.4, -0.2) is 59.5 Å². The number of carbonyl (C=O) groups excluding carboxylic acids is 1. The summed E-state index contributed by atoms with van der Waals surface area (Å²) in [6.07, 6.45) is 0. The number of rotatable bonds is 7. The molecule has 1 amide bonds. The zero-order chi connectivity index (χ0) is 22.5. The van der Waals surface area contributed by atoms with Crippen LogP contribution < -0.4 is 10.2 Å². The summed E-state index contributed by atoms with van der Waals surface area (Å²) in [7, 11) is 0. The maximum atomic E-state index is 12.7. The van der Waals surface area contributed by atoms with Gasteiger partial charge in [0, 0.05) is 36.8 Å². The zero-order valence-electron chi connectivity index (χ0n) is 18.2. The molecule has 0 radical (unpaired) electrons. The van der Waals surface area contributed by atoms with E-state index in [-0.39, 0.29) is 11.7 Å². The summed E-state index contributed by atoms with van der Waals surface area (Å²) in [5.41, 5.74) is 3.72. The second-order valence-electron chi connectivity index (χ2n) is 7.66. The highest BCUT2D eigenvalue weighted by atomic mass is 35.5. The van der Waals surface area contributed by atoms with Crippen molar-refractivity contribution in [2.75, 3.05) is 48.7 Å². The van der Waals surface area contributed by atoms with Crippen LogP contribution in [-0.2, 0) is 4.79 Å². The molecule has 2 aromatic carbocycles. The number of amides is 1. The molecule has 3 aromatic rings. The van der Waals surface area contributed by atoms with E-state index in [2.05, 4.69) is 32.2 Å². The van der Waals surface area contributed by atoms with Gasteiger partial charge in [-0.3, -0.25) is 4.79 Å². The lowest BCUT2D eigenvalue weighted by Gasteiger charge is -2.36. The molecule has 0 unspecified atom stereocenters. The number of thioether (sulfide) groups is 1. The highest BCUT2D eigenvalue weighted by Gasteiger charge is 2.20. The van der Waals surface area contributed by atoms with E-state index in [9.17, 15) is 4.79 Å². The first kappa shape index (κ1) is 22.6. The van der Waals surface area contributed by atoms with E-state index in [4.69, 9.17) is 16.0 Å². The van der Waals surface area contributed by atoms with Crippen LogP contribution >= 0.6 is 23.4 Å². The third-order valence-corrected chi connectivity index (χ3v) is 6.48. The van der Waals surface area contributed by atoms with E-state index in [0.717, 1.165) is 55.2 Å². The second-order valence-corrected chi connectivity index (χ2v) is 9.02. The number of nitrogens with zero attached hydrogens (tertiary/aromatic N) is 4. The maximum Gasteiger partial charge on any atom is 0.277 e. The Morgan fingerprint density at radius 2 is 1.88 bits per heavy atom. The first-order valence-electron chi connectivity index (χ1n) is 10.6. The number of hydrogen-bond acceptors (Lipinski definition) is 7. The topological polar surface area (TPSA) is 74.5 Å². The first-order chi connectivity index (χ1) is 15.5. The average Bonchev–Trinajstić information content (AvgIpc) is 3.28. The lowest BCUT2D eigenvalue weighted by Crippen LogP contribution is -2.46. The minimum atomic E-state index is -0.152. The first-order valence-corrected chi connectivity index (χ1v) is 12.0. The summed E-state index contributed by atoms with van der Waals surface area (Å²) in [6, 6.07) is 13.5. The summed E-state index contributed by atoms with van der Waals surface area (Å²) >= 11 is 7.42. The molecule has 168 valence electrons. The SMILES string of the molecule is CCN1CCN(c2ccc(Cl)cc2NC(=O)CSc2nnc(-c3ccc(C)cc3)o2)CC1. The third-order valence-electron chi connectivity index (χ3n) is 5.42. The molecule has 1 saturated heterocycles. The molecule has 4 rings (SSSR count). The van der Waals surface area contributed by atoms with Gasteiger partial charge in [0.2, 0.25) is 11.8 Å². The van der Waals surface area contributed by atoms with Crippen LogP contribution in [0.15, 0.2) is 52.1 Å². The number of likely N-dealkylation sites (N-methyl/N-ethyl adjacent to an activating group) is 1. The number of piperazine rings is 1. The molecule has 0 atom stereocenters. The van der Waals surface area contributed by atoms with Crippen LogP contribution in [0.25, 0.3) is 11.5 Å². The van der Waals surface area contributed by atoms with Gasteiger partial charge in [0.05, 0.1) is 17.1 Å². The molecule has 0 saturated carbocycles. The Kier molecular flexibility index (Phi) is 7.34. The molecule has 7 nitrogen and oxygen atoms in total. The van der Waals surface area contributed by atoms with Crippen molar-refractivity contribution in [3.8, 4) is 11.5 Å². The van der Waals surface area contributed by atoms with Crippen LogP contribution in [0.4, 0.5) is 11.4 Å². The van der Waals surface area contributed by atoms with Gasteiger partial charge in [-0.25, -0.2) is 0 Å². The lowest BCUT2D eigenvalue weighted by atomic mass is 10.1. The van der Waals surface area contributed by atoms with Gasteiger partial charge in [0.25, 0.3) is 5.22 Å². The van der Waals surface area contributed by atoms with E-state index < -0.39 is 0 Å². The fraction of sp³-hybridized carbons (Fsp3) is 0.348. The summed E-state index contributed by atoms with van der Waals surface area (Å²) in [6.45, 7) is 9.08. The Hall–Kier alpha value is -2.55. The van der Waals surface area contributed by atoms with Crippen molar-refractivity contribution in [3.63, 3.8) is 0 Å². The Bertz CT molecular complexity index is 1060. The number of carbonyl (C=O) groups is 1. The Labute approximate surface area is 197 Å². The van der Waals surface area contributed by atoms with Crippen molar-refractivity contribution in [1.82, 2.24) is 15.1 Å². The second kappa shape index (κ2) is 10.4. The van der Waals surface area contributed by atoms with Crippen LogP contribution in [0.2, 0.25) is 5.02 Å². The molecule has 2 heterocycles. The highest BCUT2D eigenvalue weighted by molar-refractivity contribution is 7.99. The largest absolute Gasteiger partial charge is 0.411 e. The lowest BCUT2D eigenvalue weighted by molar-refractivity contribution is -0.113. The van der Waals surface area contributed by atoms with Gasteiger partial charge in [0.15, 0.2) is 0 Å². The van der Waals surface area contributed by atoms with Crippen LogP contribution in [0.1, 0.15) is 12.5 Å². The zero-order valence-corrected chi connectivity index (χ0v) is 19.7. The van der Waals surface area contributed by atoms with E-state index in [1.807, 2.05) is 43.3 Å². The van der Waals surface area contributed by atoms with Crippen molar-refractivity contribution in [2.24, 2.45) is 0 Å². The molecule has 1 N–H and O–H groups in total. The molecule has 9 heteroatoms. The number of aromatic nitrogens is 2. The van der Waals surface area contributed by atoms with E-state index in [1.165, 1.54) is 11.8 Å². The summed E-state index contributed by atoms with van der Waals surface area (Å²) in [5.74, 6) is 0.447. The molecule has 0 bridgehead atoms. The van der Waals surface area contributed by atoms with E-state index in [0.29, 0.717) is 16.1 Å². The number of hydrogen-bond donors (Lipinski definition) is 1. The fourth-order valence-corrected chi connectivity index (χ4v) is 4.32. The van der Waals surface area contributed by atoms with Crippen LogP contribution in [0.3, 0.4) is 0 Å². The minimum Gasteiger partial charge on any atom is -0.411 e. The van der Waals surface area contributed by atoms with Crippen molar-refractivity contribution < 1.29 is 9.21 Å². The maximum absolute atomic E-state index is 12.7. The minimum absolute atomic E-state index is 0.152. The Morgan fingerprint density at radius 3 is 2.59 bits per heavy atom. The van der Waals surface area contributed by atoms with Crippen molar-refractivity contribution in [1.29, 1.82) is 0 Å². The molecular weight excluding hydrogens is 446 g/mol. The number of aryl methyl sites for hydroxylation is 1. The van der Waals surface area contributed by atoms with Crippen LogP contribution in [0.5, 0.6) is 0 Å². The molecule has 1 aliphatic rings. The molecule has 1 fully saturated rings. The third kappa shape index (κ3) is 5.62.